The van der Waals surface area contributed by atoms with Gasteiger partial charge in [-0.25, -0.2) is 0 Å². The molecule has 0 fully saturated rings. The summed E-state index contributed by atoms with van der Waals surface area (Å²) in [7, 11) is 0. The molecule has 2 nitrogen and oxygen atoms in total. The van der Waals surface area contributed by atoms with Crippen LogP contribution in [0.25, 0.3) is 0 Å². The second-order valence-electron chi connectivity index (χ2n) is 5.23. The molecule has 2 heteroatoms. The Labute approximate surface area is 120 Å². The van der Waals surface area contributed by atoms with Gasteiger partial charge in [-0.15, -0.1) is 0 Å². The number of ether oxygens (including phenoxy) is 1. The lowest BCUT2D eigenvalue weighted by atomic mass is 10.1. The Morgan fingerprint density at radius 2 is 1.60 bits per heavy atom. The summed E-state index contributed by atoms with van der Waals surface area (Å²) in [5.41, 5.74) is 4.77. The van der Waals surface area contributed by atoms with Crippen LogP contribution in [-0.2, 0) is 17.8 Å². The van der Waals surface area contributed by atoms with Gasteiger partial charge in [-0.3, -0.25) is 4.79 Å². The predicted molar refractivity (Wildman–Crippen MR) is 81.1 cm³/mol. The molecule has 0 saturated carbocycles. The van der Waals surface area contributed by atoms with Crippen LogP contribution in [0, 0.1) is 13.8 Å². The molecule has 2 rings (SSSR count). The van der Waals surface area contributed by atoms with Gasteiger partial charge >= 0.3 is 0 Å². The van der Waals surface area contributed by atoms with E-state index in [1.54, 1.807) is 6.92 Å². The first-order valence-corrected chi connectivity index (χ1v) is 6.82. The molecule has 2 aromatic rings. The fourth-order valence-corrected chi connectivity index (χ4v) is 2.05. The fraction of sp³-hybridized carbons (Fsp3) is 0.278. The molecular weight excluding hydrogens is 248 g/mol. The summed E-state index contributed by atoms with van der Waals surface area (Å²) >= 11 is 0. The molecule has 0 aromatic heterocycles. The third kappa shape index (κ3) is 3.95. The van der Waals surface area contributed by atoms with Crippen molar-refractivity contribution in [2.45, 2.75) is 33.8 Å². The lowest BCUT2D eigenvalue weighted by molar-refractivity contribution is -0.116. The van der Waals surface area contributed by atoms with Crippen molar-refractivity contribution in [1.82, 2.24) is 0 Å². The minimum atomic E-state index is 0.175. The van der Waals surface area contributed by atoms with E-state index in [4.69, 9.17) is 4.74 Å². The average Bonchev–Trinajstić information content (AvgIpc) is 2.41. The van der Waals surface area contributed by atoms with Crippen LogP contribution >= 0.6 is 0 Å². The fourth-order valence-electron chi connectivity index (χ4n) is 2.05. The first-order valence-electron chi connectivity index (χ1n) is 6.82. The first-order chi connectivity index (χ1) is 9.54. The van der Waals surface area contributed by atoms with Gasteiger partial charge < -0.3 is 4.74 Å². The molecule has 2 aromatic carbocycles. The lowest BCUT2D eigenvalue weighted by Crippen LogP contribution is -1.98. The zero-order chi connectivity index (χ0) is 14.5. The van der Waals surface area contributed by atoms with E-state index in [0.717, 1.165) is 11.3 Å². The van der Waals surface area contributed by atoms with E-state index in [0.29, 0.717) is 13.0 Å². The molecule has 0 aliphatic rings. The van der Waals surface area contributed by atoms with Crippen molar-refractivity contribution >= 4 is 5.78 Å². The summed E-state index contributed by atoms with van der Waals surface area (Å²) in [5.74, 6) is 1.00. The Morgan fingerprint density at radius 1 is 0.950 bits per heavy atom. The van der Waals surface area contributed by atoms with Crippen molar-refractivity contribution in [2.75, 3.05) is 0 Å². The van der Waals surface area contributed by atoms with E-state index in [2.05, 4.69) is 32.0 Å². The molecule has 0 amide bonds. The molecule has 0 aliphatic heterocycles. The maximum atomic E-state index is 11.0. The molecule has 0 saturated heterocycles. The van der Waals surface area contributed by atoms with Crippen LogP contribution in [-0.4, -0.2) is 5.78 Å². The van der Waals surface area contributed by atoms with Gasteiger partial charge in [-0.05, 0) is 55.2 Å². The first kappa shape index (κ1) is 14.3. The van der Waals surface area contributed by atoms with E-state index in [1.807, 2.05) is 24.3 Å². The van der Waals surface area contributed by atoms with Gasteiger partial charge in [-0.1, -0.05) is 30.3 Å². The van der Waals surface area contributed by atoms with Gasteiger partial charge in [0, 0.05) is 6.42 Å². The number of hydrogen-bond donors (Lipinski definition) is 0. The Bertz CT molecular complexity index is 597. The van der Waals surface area contributed by atoms with Crippen LogP contribution in [0.15, 0.2) is 42.5 Å². The van der Waals surface area contributed by atoms with E-state index in [9.17, 15) is 4.79 Å². The Hall–Kier alpha value is -2.09. The van der Waals surface area contributed by atoms with Crippen LogP contribution in [0.1, 0.15) is 29.2 Å². The molecular formula is C18H20O2. The highest BCUT2D eigenvalue weighted by Crippen LogP contribution is 2.16. The molecule has 0 heterocycles. The maximum Gasteiger partial charge on any atom is 0.134 e. The average molecular weight is 268 g/mol. The quantitative estimate of drug-likeness (QED) is 0.819. The van der Waals surface area contributed by atoms with Gasteiger partial charge in [-0.2, -0.15) is 0 Å². The molecule has 104 valence electrons. The van der Waals surface area contributed by atoms with Crippen LogP contribution in [0.4, 0.5) is 0 Å². The topological polar surface area (TPSA) is 26.3 Å². The number of Topliss-reactive ketones (excluding diaryl/α,β-unsaturated/α-hetero) is 1. The summed E-state index contributed by atoms with van der Waals surface area (Å²) in [6.45, 7) is 6.38. The zero-order valence-corrected chi connectivity index (χ0v) is 12.3. The van der Waals surface area contributed by atoms with Crippen LogP contribution in [0.3, 0.4) is 0 Å². The van der Waals surface area contributed by atoms with Crippen LogP contribution in [0.2, 0.25) is 0 Å². The highest BCUT2D eigenvalue weighted by Gasteiger charge is 2.00. The number of carbonyl (C=O) groups is 1. The number of carbonyl (C=O) groups excluding carboxylic acids is 1. The Balaban J connectivity index is 1.96. The van der Waals surface area contributed by atoms with E-state index in [-0.39, 0.29) is 5.78 Å². The molecule has 0 unspecified atom stereocenters. The number of aryl methyl sites for hydroxylation is 2. The van der Waals surface area contributed by atoms with Gasteiger partial charge in [0.1, 0.15) is 18.1 Å². The van der Waals surface area contributed by atoms with Gasteiger partial charge in [0.2, 0.25) is 0 Å². The molecule has 20 heavy (non-hydrogen) atoms. The number of hydrogen-bond acceptors (Lipinski definition) is 2. The third-order valence-electron chi connectivity index (χ3n) is 3.35. The molecule has 0 N–H and O–H groups in total. The zero-order valence-electron chi connectivity index (χ0n) is 12.3. The summed E-state index contributed by atoms with van der Waals surface area (Å²) in [6.07, 6.45) is 0.484. The van der Waals surface area contributed by atoms with E-state index >= 15 is 0 Å². The largest absolute Gasteiger partial charge is 0.489 e. The molecule has 0 aliphatic carbocycles. The monoisotopic (exact) mass is 268 g/mol. The standard InChI is InChI=1S/C18H20O2/c1-13-4-5-17(10-14(13)2)12-20-18-8-6-16(7-9-18)11-15(3)19/h4-10H,11-12H2,1-3H3. The Kier molecular flexibility index (Phi) is 4.57. The lowest BCUT2D eigenvalue weighted by Gasteiger charge is -2.08. The van der Waals surface area contributed by atoms with Gasteiger partial charge in [0.15, 0.2) is 0 Å². The van der Waals surface area contributed by atoms with Crippen molar-refractivity contribution in [3.8, 4) is 5.75 Å². The molecule has 0 atom stereocenters. The minimum Gasteiger partial charge on any atom is -0.489 e. The van der Waals surface area contributed by atoms with E-state index < -0.39 is 0 Å². The SMILES string of the molecule is CC(=O)Cc1ccc(OCc2ccc(C)c(C)c2)cc1. The number of rotatable bonds is 5. The van der Waals surface area contributed by atoms with Crippen molar-refractivity contribution in [3.05, 3.63) is 64.7 Å². The van der Waals surface area contributed by atoms with Crippen molar-refractivity contribution in [2.24, 2.45) is 0 Å². The summed E-state index contributed by atoms with van der Waals surface area (Å²) in [6, 6.07) is 14.1. The molecule has 0 spiro atoms. The van der Waals surface area contributed by atoms with Crippen molar-refractivity contribution in [3.63, 3.8) is 0 Å². The summed E-state index contributed by atoms with van der Waals surface area (Å²) in [5, 5.41) is 0. The van der Waals surface area contributed by atoms with Crippen LogP contribution in [0.5, 0.6) is 5.75 Å². The normalized spacial score (nSPS) is 10.3. The van der Waals surface area contributed by atoms with Gasteiger partial charge in [0.05, 0.1) is 0 Å². The van der Waals surface area contributed by atoms with Crippen molar-refractivity contribution < 1.29 is 9.53 Å². The second kappa shape index (κ2) is 6.38. The Morgan fingerprint density at radius 3 is 2.20 bits per heavy atom. The molecule has 0 radical (unpaired) electrons. The minimum absolute atomic E-state index is 0.175. The third-order valence-corrected chi connectivity index (χ3v) is 3.35. The maximum absolute atomic E-state index is 11.0. The summed E-state index contributed by atoms with van der Waals surface area (Å²) in [4.78, 5) is 11.0. The highest BCUT2D eigenvalue weighted by atomic mass is 16.5. The summed E-state index contributed by atoms with van der Waals surface area (Å²) < 4.78 is 5.76. The van der Waals surface area contributed by atoms with Gasteiger partial charge in [0.25, 0.3) is 0 Å². The van der Waals surface area contributed by atoms with E-state index in [1.165, 1.54) is 16.7 Å². The molecule has 0 bridgehead atoms. The number of ketones is 1. The van der Waals surface area contributed by atoms with Crippen LogP contribution < -0.4 is 4.74 Å². The number of benzene rings is 2. The highest BCUT2D eigenvalue weighted by molar-refractivity contribution is 5.78. The second-order valence-corrected chi connectivity index (χ2v) is 5.23. The smallest absolute Gasteiger partial charge is 0.134 e. The predicted octanol–water partition coefficient (Wildman–Crippen LogP) is 4.01. The van der Waals surface area contributed by atoms with Crippen molar-refractivity contribution in [1.29, 1.82) is 0 Å².